The lowest BCUT2D eigenvalue weighted by atomic mass is 10.2. The lowest BCUT2D eigenvalue weighted by Gasteiger charge is -2.26. The van der Waals surface area contributed by atoms with E-state index < -0.39 is 5.91 Å². The Bertz CT molecular complexity index is 619. The number of hydrogen-bond acceptors (Lipinski definition) is 6. The molecule has 1 fully saturated rings. The molecule has 128 valence electrons. The maximum absolute atomic E-state index is 12.0. The van der Waals surface area contributed by atoms with E-state index in [4.69, 9.17) is 10.00 Å². The number of morpholine rings is 1. The van der Waals surface area contributed by atoms with Crippen molar-refractivity contribution in [3.63, 3.8) is 0 Å². The lowest BCUT2D eigenvalue weighted by Crippen LogP contribution is -2.37. The standard InChI is InChI=1S/C17H22N4O3/c18-12-14(17(23)20-15-4-1-2-5-16(15)22)13-19-6-3-7-21-8-10-24-11-9-21/h1-2,4-5,13,19,22H,3,6-11H2,(H,20,23)/b14-13-. The van der Waals surface area contributed by atoms with E-state index in [1.807, 2.05) is 6.07 Å². The molecule has 0 bridgehead atoms. The van der Waals surface area contributed by atoms with Crippen LogP contribution in [0.2, 0.25) is 0 Å². The first-order valence-corrected chi connectivity index (χ1v) is 7.94. The van der Waals surface area contributed by atoms with Crippen LogP contribution < -0.4 is 10.6 Å². The van der Waals surface area contributed by atoms with Gasteiger partial charge in [0.15, 0.2) is 0 Å². The van der Waals surface area contributed by atoms with E-state index in [9.17, 15) is 9.90 Å². The molecular formula is C17H22N4O3. The fourth-order valence-electron chi connectivity index (χ4n) is 2.32. The molecule has 7 nitrogen and oxygen atoms in total. The second kappa shape index (κ2) is 9.55. The third-order valence-electron chi connectivity index (χ3n) is 3.66. The van der Waals surface area contributed by atoms with Crippen molar-refractivity contribution in [1.29, 1.82) is 5.26 Å². The van der Waals surface area contributed by atoms with Crippen LogP contribution in [0.25, 0.3) is 0 Å². The Morgan fingerprint density at radius 3 is 2.83 bits per heavy atom. The summed E-state index contributed by atoms with van der Waals surface area (Å²) in [4.78, 5) is 14.4. The molecule has 1 amide bonds. The molecule has 7 heteroatoms. The highest BCUT2D eigenvalue weighted by Crippen LogP contribution is 2.21. The fourth-order valence-corrected chi connectivity index (χ4v) is 2.32. The Morgan fingerprint density at radius 1 is 1.38 bits per heavy atom. The van der Waals surface area contributed by atoms with Crippen LogP contribution in [0.15, 0.2) is 36.0 Å². The number of nitriles is 1. The molecule has 0 spiro atoms. The number of nitrogens with one attached hydrogen (secondary N) is 2. The number of phenolic OH excluding ortho intramolecular Hbond substituents is 1. The number of phenols is 1. The van der Waals surface area contributed by atoms with Gasteiger partial charge in [0, 0.05) is 25.8 Å². The molecule has 3 N–H and O–H groups in total. The summed E-state index contributed by atoms with van der Waals surface area (Å²) >= 11 is 0. The lowest BCUT2D eigenvalue weighted by molar-refractivity contribution is -0.112. The zero-order valence-electron chi connectivity index (χ0n) is 13.5. The van der Waals surface area contributed by atoms with Crippen LogP contribution in [0.4, 0.5) is 5.69 Å². The van der Waals surface area contributed by atoms with E-state index in [1.54, 1.807) is 18.2 Å². The van der Waals surface area contributed by atoms with Gasteiger partial charge in [0.25, 0.3) is 5.91 Å². The van der Waals surface area contributed by atoms with Crippen molar-refractivity contribution in [3.8, 4) is 11.8 Å². The molecule has 0 radical (unpaired) electrons. The third kappa shape index (κ3) is 5.57. The van der Waals surface area contributed by atoms with Gasteiger partial charge in [-0.2, -0.15) is 5.26 Å². The zero-order valence-corrected chi connectivity index (χ0v) is 13.5. The van der Waals surface area contributed by atoms with E-state index in [0.717, 1.165) is 39.3 Å². The first-order valence-electron chi connectivity index (χ1n) is 7.94. The first-order chi connectivity index (χ1) is 11.7. The van der Waals surface area contributed by atoms with E-state index in [0.29, 0.717) is 6.54 Å². The SMILES string of the molecule is N#C/C(=C/NCCCN1CCOCC1)C(=O)Nc1ccccc1O. The number of amides is 1. The molecule has 1 heterocycles. The molecule has 0 aromatic heterocycles. The third-order valence-corrected chi connectivity index (χ3v) is 3.66. The summed E-state index contributed by atoms with van der Waals surface area (Å²) in [6.45, 7) is 5.07. The number of nitrogens with zero attached hydrogens (tertiary/aromatic N) is 2. The van der Waals surface area contributed by atoms with Crippen LogP contribution in [-0.4, -0.2) is 55.3 Å². The van der Waals surface area contributed by atoms with Gasteiger partial charge in [-0.15, -0.1) is 0 Å². The van der Waals surface area contributed by atoms with E-state index in [2.05, 4.69) is 15.5 Å². The van der Waals surface area contributed by atoms with Crippen LogP contribution in [0.5, 0.6) is 5.75 Å². The number of benzene rings is 1. The number of ether oxygens (including phenoxy) is 1. The molecular weight excluding hydrogens is 308 g/mol. The predicted molar refractivity (Wildman–Crippen MR) is 90.3 cm³/mol. The second-order valence-electron chi connectivity index (χ2n) is 5.40. The molecule has 1 aliphatic heterocycles. The first kappa shape index (κ1) is 17.8. The predicted octanol–water partition coefficient (Wildman–Crippen LogP) is 1.05. The van der Waals surface area contributed by atoms with Gasteiger partial charge in [0.2, 0.25) is 0 Å². The van der Waals surface area contributed by atoms with Crippen molar-refractivity contribution >= 4 is 11.6 Å². The summed E-state index contributed by atoms with van der Waals surface area (Å²) in [5, 5.41) is 24.2. The quantitative estimate of drug-likeness (QED) is 0.299. The molecule has 0 aliphatic carbocycles. The number of rotatable bonds is 7. The van der Waals surface area contributed by atoms with Gasteiger partial charge in [-0.25, -0.2) is 0 Å². The molecule has 2 rings (SSSR count). The summed E-state index contributed by atoms with van der Waals surface area (Å²) in [5.41, 5.74) is 0.237. The Kier molecular flexibility index (Phi) is 7.08. The number of aromatic hydroxyl groups is 1. The Labute approximate surface area is 141 Å². The van der Waals surface area contributed by atoms with Gasteiger partial charge in [0.1, 0.15) is 17.4 Å². The minimum absolute atomic E-state index is 0.0374. The average molecular weight is 330 g/mol. The number of para-hydroxylation sites is 2. The largest absolute Gasteiger partial charge is 0.506 e. The fraction of sp³-hybridized carbons (Fsp3) is 0.412. The Hall–Kier alpha value is -2.56. The number of anilines is 1. The Morgan fingerprint density at radius 2 is 2.12 bits per heavy atom. The van der Waals surface area contributed by atoms with Crippen molar-refractivity contribution in [1.82, 2.24) is 10.2 Å². The number of carbonyl (C=O) groups is 1. The smallest absolute Gasteiger partial charge is 0.267 e. The maximum atomic E-state index is 12.0. The topological polar surface area (TPSA) is 97.6 Å². The molecule has 0 unspecified atom stereocenters. The minimum Gasteiger partial charge on any atom is -0.506 e. The highest BCUT2D eigenvalue weighted by Gasteiger charge is 2.11. The molecule has 1 saturated heterocycles. The molecule has 0 atom stereocenters. The van der Waals surface area contributed by atoms with Crippen LogP contribution >= 0.6 is 0 Å². The van der Waals surface area contributed by atoms with Gasteiger partial charge in [0.05, 0.1) is 18.9 Å². The van der Waals surface area contributed by atoms with Gasteiger partial charge in [-0.1, -0.05) is 12.1 Å². The van der Waals surface area contributed by atoms with Gasteiger partial charge < -0.3 is 20.5 Å². The van der Waals surface area contributed by atoms with Crippen molar-refractivity contribution in [2.24, 2.45) is 0 Å². The van der Waals surface area contributed by atoms with Crippen molar-refractivity contribution in [2.45, 2.75) is 6.42 Å². The summed E-state index contributed by atoms with van der Waals surface area (Å²) in [5.74, 6) is -0.596. The normalized spacial score (nSPS) is 15.5. The molecule has 1 aromatic carbocycles. The minimum atomic E-state index is -0.556. The van der Waals surface area contributed by atoms with Gasteiger partial charge in [-0.3, -0.25) is 9.69 Å². The van der Waals surface area contributed by atoms with Crippen LogP contribution in [0, 0.1) is 11.3 Å². The molecule has 0 saturated carbocycles. The summed E-state index contributed by atoms with van der Waals surface area (Å²) in [6.07, 6.45) is 2.32. The maximum Gasteiger partial charge on any atom is 0.267 e. The Balaban J connectivity index is 1.75. The van der Waals surface area contributed by atoms with E-state index >= 15 is 0 Å². The molecule has 1 aromatic rings. The van der Waals surface area contributed by atoms with Gasteiger partial charge in [-0.05, 0) is 25.1 Å². The summed E-state index contributed by atoms with van der Waals surface area (Å²) in [7, 11) is 0. The summed E-state index contributed by atoms with van der Waals surface area (Å²) < 4.78 is 5.29. The second-order valence-corrected chi connectivity index (χ2v) is 5.40. The van der Waals surface area contributed by atoms with Crippen molar-refractivity contribution in [3.05, 3.63) is 36.0 Å². The molecule has 1 aliphatic rings. The van der Waals surface area contributed by atoms with Crippen molar-refractivity contribution < 1.29 is 14.6 Å². The average Bonchev–Trinajstić information content (AvgIpc) is 2.61. The van der Waals surface area contributed by atoms with Crippen LogP contribution in [-0.2, 0) is 9.53 Å². The summed E-state index contributed by atoms with van der Waals surface area (Å²) in [6, 6.07) is 8.24. The van der Waals surface area contributed by atoms with Crippen LogP contribution in [0.3, 0.4) is 0 Å². The number of carbonyl (C=O) groups excluding carboxylic acids is 1. The highest BCUT2D eigenvalue weighted by molar-refractivity contribution is 6.07. The van der Waals surface area contributed by atoms with Gasteiger partial charge >= 0.3 is 0 Å². The molecule has 24 heavy (non-hydrogen) atoms. The van der Waals surface area contributed by atoms with E-state index in [-0.39, 0.29) is 17.0 Å². The van der Waals surface area contributed by atoms with E-state index in [1.165, 1.54) is 12.3 Å². The highest BCUT2D eigenvalue weighted by atomic mass is 16.5. The van der Waals surface area contributed by atoms with Crippen molar-refractivity contribution in [2.75, 3.05) is 44.7 Å². The number of hydrogen-bond donors (Lipinski definition) is 3. The van der Waals surface area contributed by atoms with Crippen LogP contribution in [0.1, 0.15) is 6.42 Å². The zero-order chi connectivity index (χ0) is 17.2. The monoisotopic (exact) mass is 330 g/mol.